The molecule has 1 atom stereocenters. The first-order valence-electron chi connectivity index (χ1n) is 8.04. The number of ether oxygens (including phenoxy) is 1. The number of nitrogens with one attached hydrogen (secondary N) is 1. The molecule has 2 N–H and O–H groups in total. The molecule has 1 aromatic carbocycles. The van der Waals surface area contributed by atoms with Gasteiger partial charge < -0.3 is 19.7 Å². The van der Waals surface area contributed by atoms with Gasteiger partial charge in [-0.15, -0.1) is 0 Å². The molecule has 0 spiro atoms. The monoisotopic (exact) mass is 358 g/mol. The number of hydrogen-bond acceptors (Lipinski definition) is 7. The van der Waals surface area contributed by atoms with E-state index in [1.807, 2.05) is 0 Å². The van der Waals surface area contributed by atoms with Gasteiger partial charge in [-0.1, -0.05) is 12.1 Å². The van der Waals surface area contributed by atoms with Crippen LogP contribution >= 0.6 is 0 Å². The van der Waals surface area contributed by atoms with Gasteiger partial charge in [0.05, 0.1) is 41.6 Å². The molecule has 9 heteroatoms. The smallest absolute Gasteiger partial charge is 0.338 e. The fourth-order valence-corrected chi connectivity index (χ4v) is 3.06. The van der Waals surface area contributed by atoms with E-state index in [0.717, 1.165) is 0 Å². The van der Waals surface area contributed by atoms with Gasteiger partial charge in [0.1, 0.15) is 0 Å². The molecule has 1 aliphatic rings. The van der Waals surface area contributed by atoms with Gasteiger partial charge in [0, 0.05) is 17.8 Å². The summed E-state index contributed by atoms with van der Waals surface area (Å²) in [5.41, 5.74) is 1.76. The van der Waals surface area contributed by atoms with Gasteiger partial charge in [-0.25, -0.2) is 9.78 Å². The topological polar surface area (TPSA) is 120 Å². The highest BCUT2D eigenvalue weighted by Crippen LogP contribution is 2.38. The van der Waals surface area contributed by atoms with Gasteiger partial charge in [-0.2, -0.15) is 0 Å². The largest absolute Gasteiger partial charge is 0.463 e. The predicted octanol–water partition coefficient (Wildman–Crippen LogP) is 2.14. The molecule has 0 aliphatic carbocycles. The number of imidazole rings is 1. The molecule has 26 heavy (non-hydrogen) atoms. The lowest BCUT2D eigenvalue weighted by Gasteiger charge is -2.30. The van der Waals surface area contributed by atoms with Crippen molar-refractivity contribution in [3.05, 3.63) is 63.1 Å². The number of nitro benzene ring substituents is 1. The highest BCUT2D eigenvalue weighted by molar-refractivity contribution is 5.92. The number of anilines is 1. The third-order valence-corrected chi connectivity index (χ3v) is 4.16. The number of fused-ring (bicyclic) bond motifs is 1. The van der Waals surface area contributed by atoms with Gasteiger partial charge in [0.15, 0.2) is 0 Å². The lowest BCUT2D eigenvalue weighted by molar-refractivity contribution is -0.384. The number of hydrogen-bond donors (Lipinski definition) is 2. The molecule has 2 aromatic rings. The first kappa shape index (κ1) is 17.6. The van der Waals surface area contributed by atoms with Crippen molar-refractivity contribution in [3.63, 3.8) is 0 Å². The maximum atomic E-state index is 12.6. The van der Waals surface area contributed by atoms with Crippen molar-refractivity contribution in [2.75, 3.05) is 11.9 Å². The normalized spacial score (nSPS) is 16.0. The molecular formula is C17H18N4O5. The number of allylic oxidation sites excluding steroid dienone is 1. The summed E-state index contributed by atoms with van der Waals surface area (Å²) in [6.07, 6.45) is 1.49. The Kier molecular flexibility index (Phi) is 4.72. The van der Waals surface area contributed by atoms with Crippen LogP contribution in [-0.4, -0.2) is 32.2 Å². The molecule has 0 fully saturated rings. The number of non-ortho nitro benzene ring substituents is 1. The number of carbonyl (C=O) groups is 1. The maximum absolute atomic E-state index is 12.6. The summed E-state index contributed by atoms with van der Waals surface area (Å²) in [6.45, 7) is 3.32. The first-order chi connectivity index (χ1) is 12.5. The Morgan fingerprint density at radius 3 is 2.92 bits per heavy atom. The van der Waals surface area contributed by atoms with E-state index >= 15 is 0 Å². The molecular weight excluding hydrogens is 340 g/mol. The van der Waals surface area contributed by atoms with Crippen molar-refractivity contribution >= 4 is 17.6 Å². The van der Waals surface area contributed by atoms with E-state index in [4.69, 9.17) is 4.74 Å². The third-order valence-electron chi connectivity index (χ3n) is 4.16. The van der Waals surface area contributed by atoms with Crippen molar-refractivity contribution < 1.29 is 19.6 Å². The predicted molar refractivity (Wildman–Crippen MR) is 92.3 cm³/mol. The molecule has 0 saturated heterocycles. The molecule has 1 unspecified atom stereocenters. The summed E-state index contributed by atoms with van der Waals surface area (Å²) in [4.78, 5) is 27.5. The summed E-state index contributed by atoms with van der Waals surface area (Å²) in [6, 6.07) is 5.35. The molecule has 1 aliphatic heterocycles. The minimum Gasteiger partial charge on any atom is -0.463 e. The van der Waals surface area contributed by atoms with Crippen LogP contribution in [0.4, 0.5) is 11.6 Å². The van der Waals surface area contributed by atoms with E-state index in [2.05, 4.69) is 10.3 Å². The zero-order valence-corrected chi connectivity index (χ0v) is 14.3. The number of aromatic nitrogens is 2. The van der Waals surface area contributed by atoms with E-state index in [-0.39, 0.29) is 18.9 Å². The molecule has 9 nitrogen and oxygen atoms in total. The Morgan fingerprint density at radius 2 is 2.27 bits per heavy atom. The van der Waals surface area contributed by atoms with Crippen LogP contribution in [0.1, 0.15) is 31.1 Å². The summed E-state index contributed by atoms with van der Waals surface area (Å²) in [5.74, 6) is -0.0895. The molecule has 0 saturated carbocycles. The van der Waals surface area contributed by atoms with Gasteiger partial charge in [0.2, 0.25) is 5.95 Å². The highest BCUT2D eigenvalue weighted by atomic mass is 16.6. The van der Waals surface area contributed by atoms with Crippen molar-refractivity contribution in [1.82, 2.24) is 9.55 Å². The Bertz CT molecular complexity index is 902. The fourth-order valence-electron chi connectivity index (χ4n) is 3.06. The van der Waals surface area contributed by atoms with E-state index in [1.54, 1.807) is 30.5 Å². The van der Waals surface area contributed by atoms with Crippen LogP contribution in [0.25, 0.3) is 0 Å². The van der Waals surface area contributed by atoms with Crippen LogP contribution in [-0.2, 0) is 16.1 Å². The maximum Gasteiger partial charge on any atom is 0.338 e. The number of esters is 1. The summed E-state index contributed by atoms with van der Waals surface area (Å²) < 4.78 is 6.83. The van der Waals surface area contributed by atoms with Crippen LogP contribution in [0.5, 0.6) is 0 Å². The Labute approximate surface area is 149 Å². The van der Waals surface area contributed by atoms with Crippen LogP contribution in [0.15, 0.2) is 41.7 Å². The number of rotatable bonds is 5. The zero-order valence-electron chi connectivity index (χ0n) is 14.3. The second-order valence-corrected chi connectivity index (χ2v) is 5.74. The minimum atomic E-state index is -0.699. The first-order valence-corrected chi connectivity index (χ1v) is 8.04. The van der Waals surface area contributed by atoms with Gasteiger partial charge in [-0.3, -0.25) is 10.1 Å². The second kappa shape index (κ2) is 6.96. The number of benzene rings is 1. The van der Waals surface area contributed by atoms with Crippen LogP contribution < -0.4 is 5.32 Å². The van der Waals surface area contributed by atoms with Crippen molar-refractivity contribution in [2.45, 2.75) is 26.5 Å². The molecule has 0 amide bonds. The van der Waals surface area contributed by atoms with E-state index in [1.165, 1.54) is 18.3 Å². The van der Waals surface area contributed by atoms with E-state index in [9.17, 15) is 20.0 Å². The molecule has 0 bridgehead atoms. The van der Waals surface area contributed by atoms with Crippen LogP contribution in [0.2, 0.25) is 0 Å². The number of nitrogens with zero attached hydrogens (tertiary/aromatic N) is 3. The van der Waals surface area contributed by atoms with Gasteiger partial charge >= 0.3 is 5.97 Å². The number of nitro groups is 1. The van der Waals surface area contributed by atoms with Gasteiger partial charge in [0.25, 0.3) is 5.69 Å². The fraction of sp³-hybridized carbons (Fsp3) is 0.294. The number of aliphatic hydroxyl groups excluding tert-OH is 1. The Morgan fingerprint density at radius 1 is 1.50 bits per heavy atom. The zero-order chi connectivity index (χ0) is 18.8. The standard InChI is InChI=1S/C17H18N4O5/c1-3-26-16(23)14-10(2)19-17-18-8-13(9-22)20(17)15(14)11-5-4-6-12(7-11)21(24)25/h4-8,15,22H,3,9H2,1-2H3,(H,18,19). The van der Waals surface area contributed by atoms with Crippen molar-refractivity contribution in [2.24, 2.45) is 0 Å². The molecule has 2 heterocycles. The molecule has 136 valence electrons. The molecule has 0 radical (unpaired) electrons. The SMILES string of the molecule is CCOC(=O)C1=C(C)Nc2ncc(CO)n2C1c1cccc([N+](=O)[O-])c1. The Hall–Kier alpha value is -3.20. The third kappa shape index (κ3) is 2.93. The number of carbonyl (C=O) groups excluding carboxylic acids is 1. The summed E-state index contributed by atoms with van der Waals surface area (Å²) in [7, 11) is 0. The van der Waals surface area contributed by atoms with E-state index < -0.39 is 16.9 Å². The van der Waals surface area contributed by atoms with E-state index in [0.29, 0.717) is 28.5 Å². The van der Waals surface area contributed by atoms with Crippen molar-refractivity contribution in [1.29, 1.82) is 0 Å². The van der Waals surface area contributed by atoms with Crippen molar-refractivity contribution in [3.8, 4) is 0 Å². The average Bonchev–Trinajstić information content (AvgIpc) is 3.03. The van der Waals surface area contributed by atoms with Crippen LogP contribution in [0, 0.1) is 10.1 Å². The highest BCUT2D eigenvalue weighted by Gasteiger charge is 2.35. The summed E-state index contributed by atoms with van der Waals surface area (Å²) in [5, 5.41) is 23.8. The Balaban J connectivity index is 2.22. The van der Waals surface area contributed by atoms with Gasteiger partial charge in [-0.05, 0) is 19.4 Å². The molecule has 1 aromatic heterocycles. The average molecular weight is 358 g/mol. The molecule has 3 rings (SSSR count). The minimum absolute atomic E-state index is 0.0888. The summed E-state index contributed by atoms with van der Waals surface area (Å²) >= 11 is 0. The lowest BCUT2D eigenvalue weighted by Crippen LogP contribution is -2.30. The lowest BCUT2D eigenvalue weighted by atomic mass is 9.94. The second-order valence-electron chi connectivity index (χ2n) is 5.74. The van der Waals surface area contributed by atoms with Crippen LogP contribution in [0.3, 0.4) is 0 Å². The number of aliphatic hydroxyl groups is 1. The quantitative estimate of drug-likeness (QED) is 0.477.